The second-order valence-electron chi connectivity index (χ2n) is 8.89. The Balaban J connectivity index is 1.92. The Bertz CT molecular complexity index is 1200. The summed E-state index contributed by atoms with van der Waals surface area (Å²) in [5.41, 5.74) is 0.797. The number of methoxy groups -OCH3 is 2. The first kappa shape index (κ1) is 25.8. The first-order valence-corrected chi connectivity index (χ1v) is 11.6. The highest BCUT2D eigenvalue weighted by Crippen LogP contribution is 2.45. The van der Waals surface area contributed by atoms with Gasteiger partial charge in [0.2, 0.25) is 0 Å². The molecule has 3 aromatic rings. The summed E-state index contributed by atoms with van der Waals surface area (Å²) >= 11 is 6.41. The molecule has 4 rings (SSSR count). The maximum atomic E-state index is 13.9. The topological polar surface area (TPSA) is 143 Å². The molecular formula is C24H28ClN5O6. The predicted octanol–water partition coefficient (Wildman–Crippen LogP) is 1.93. The van der Waals surface area contributed by atoms with Crippen LogP contribution >= 0.6 is 11.6 Å². The van der Waals surface area contributed by atoms with Crippen LogP contribution in [0.1, 0.15) is 30.0 Å². The lowest BCUT2D eigenvalue weighted by Gasteiger charge is -2.33. The lowest BCUT2D eigenvalue weighted by Crippen LogP contribution is -2.48. The molecule has 0 spiro atoms. The van der Waals surface area contributed by atoms with Crippen LogP contribution in [0, 0.1) is 5.41 Å². The SMILES string of the molecule is COc1cccc([C@H]2O[C@H](Cc3nnn[nH]3)C(=O)N(CC(C)(CO)CO)c3ccc(Cl)cc32)c1OC. The van der Waals surface area contributed by atoms with Crippen LogP contribution < -0.4 is 14.4 Å². The molecule has 1 amide bonds. The van der Waals surface area contributed by atoms with E-state index in [1.807, 2.05) is 6.07 Å². The fourth-order valence-electron chi connectivity index (χ4n) is 4.20. The Morgan fingerprint density at radius 2 is 1.94 bits per heavy atom. The van der Waals surface area contributed by atoms with E-state index in [0.29, 0.717) is 39.2 Å². The molecular weight excluding hydrogens is 490 g/mol. The first-order chi connectivity index (χ1) is 17.3. The number of hydrogen-bond donors (Lipinski definition) is 3. The molecule has 0 fully saturated rings. The Hall–Kier alpha value is -3.25. The van der Waals surface area contributed by atoms with Crippen LogP contribution in [0.4, 0.5) is 5.69 Å². The van der Waals surface area contributed by atoms with Gasteiger partial charge in [0, 0.05) is 40.2 Å². The van der Waals surface area contributed by atoms with E-state index >= 15 is 0 Å². The van der Waals surface area contributed by atoms with Crippen LogP contribution in [0.25, 0.3) is 0 Å². The van der Waals surface area contributed by atoms with Gasteiger partial charge in [-0.1, -0.05) is 30.7 Å². The molecule has 1 aliphatic rings. The Morgan fingerprint density at radius 1 is 1.17 bits per heavy atom. The molecule has 11 nitrogen and oxygen atoms in total. The van der Waals surface area contributed by atoms with Gasteiger partial charge in [-0.25, -0.2) is 5.10 Å². The van der Waals surface area contributed by atoms with Crippen molar-refractivity contribution < 1.29 is 29.2 Å². The van der Waals surface area contributed by atoms with Gasteiger partial charge in [0.1, 0.15) is 12.2 Å². The summed E-state index contributed by atoms with van der Waals surface area (Å²) in [6.45, 7) is 1.06. The summed E-state index contributed by atoms with van der Waals surface area (Å²) in [7, 11) is 3.07. The van der Waals surface area contributed by atoms with E-state index in [1.165, 1.54) is 19.1 Å². The zero-order chi connectivity index (χ0) is 25.9. The van der Waals surface area contributed by atoms with Gasteiger partial charge in [0.05, 0.1) is 27.4 Å². The molecule has 192 valence electrons. The van der Waals surface area contributed by atoms with Gasteiger partial charge in [0.15, 0.2) is 17.3 Å². The number of nitrogens with one attached hydrogen (secondary N) is 1. The predicted molar refractivity (Wildman–Crippen MR) is 130 cm³/mol. The van der Waals surface area contributed by atoms with E-state index in [1.54, 1.807) is 37.3 Å². The molecule has 0 unspecified atom stereocenters. The monoisotopic (exact) mass is 517 g/mol. The number of halogens is 1. The van der Waals surface area contributed by atoms with Gasteiger partial charge in [-0.15, -0.1) is 5.10 Å². The number of amides is 1. The molecule has 0 bridgehead atoms. The normalized spacial score (nSPS) is 18.1. The number of hydrogen-bond acceptors (Lipinski definition) is 9. The van der Waals surface area contributed by atoms with Crippen LogP contribution in [0.5, 0.6) is 11.5 Å². The summed E-state index contributed by atoms with van der Waals surface area (Å²) in [5, 5.41) is 34.2. The van der Waals surface area contributed by atoms with Crippen molar-refractivity contribution in [2.45, 2.75) is 25.6 Å². The number of fused-ring (bicyclic) bond motifs is 1. The van der Waals surface area contributed by atoms with Crippen molar-refractivity contribution in [3.05, 3.63) is 58.4 Å². The molecule has 12 heteroatoms. The van der Waals surface area contributed by atoms with E-state index < -0.39 is 17.6 Å². The molecule has 3 N–H and O–H groups in total. The van der Waals surface area contributed by atoms with E-state index in [0.717, 1.165) is 0 Å². The van der Waals surface area contributed by atoms with Gasteiger partial charge >= 0.3 is 0 Å². The summed E-state index contributed by atoms with van der Waals surface area (Å²) in [6.07, 6.45) is -1.75. The minimum atomic E-state index is -1.02. The zero-order valence-electron chi connectivity index (χ0n) is 20.1. The van der Waals surface area contributed by atoms with Gasteiger partial charge in [0.25, 0.3) is 5.91 Å². The number of ether oxygens (including phenoxy) is 3. The van der Waals surface area contributed by atoms with Crippen LogP contribution in [0.15, 0.2) is 36.4 Å². The van der Waals surface area contributed by atoms with E-state index in [-0.39, 0.29) is 32.1 Å². The molecule has 2 aromatic carbocycles. The lowest BCUT2D eigenvalue weighted by molar-refractivity contribution is -0.132. The first-order valence-electron chi connectivity index (χ1n) is 11.3. The number of carbonyl (C=O) groups excluding carboxylic acids is 1. The van der Waals surface area contributed by atoms with E-state index in [9.17, 15) is 15.0 Å². The van der Waals surface area contributed by atoms with E-state index in [4.69, 9.17) is 25.8 Å². The number of benzene rings is 2. The Morgan fingerprint density at radius 3 is 2.58 bits per heavy atom. The molecule has 1 aliphatic heterocycles. The number of aliphatic hydroxyl groups excluding tert-OH is 2. The second-order valence-corrected chi connectivity index (χ2v) is 9.33. The maximum Gasteiger partial charge on any atom is 0.256 e. The minimum absolute atomic E-state index is 0.0317. The third-order valence-electron chi connectivity index (χ3n) is 6.19. The summed E-state index contributed by atoms with van der Waals surface area (Å²) < 4.78 is 17.7. The highest BCUT2D eigenvalue weighted by molar-refractivity contribution is 6.30. The molecule has 2 atom stereocenters. The van der Waals surface area contributed by atoms with Gasteiger partial charge in [-0.2, -0.15) is 0 Å². The average molecular weight is 518 g/mol. The largest absolute Gasteiger partial charge is 0.493 e. The van der Waals surface area contributed by atoms with Crippen molar-refractivity contribution in [2.24, 2.45) is 5.41 Å². The van der Waals surface area contributed by atoms with Crippen molar-refractivity contribution in [1.82, 2.24) is 20.6 Å². The molecule has 0 aliphatic carbocycles. The highest BCUT2D eigenvalue weighted by atomic mass is 35.5. The highest BCUT2D eigenvalue weighted by Gasteiger charge is 2.41. The molecule has 2 heterocycles. The molecule has 36 heavy (non-hydrogen) atoms. The number of H-pyrrole nitrogens is 1. The van der Waals surface area contributed by atoms with Crippen molar-refractivity contribution in [3.63, 3.8) is 0 Å². The number of tetrazole rings is 1. The molecule has 1 aromatic heterocycles. The summed E-state index contributed by atoms with van der Waals surface area (Å²) in [5.74, 6) is 0.930. The fraction of sp³-hybridized carbons (Fsp3) is 0.417. The van der Waals surface area contributed by atoms with E-state index in [2.05, 4.69) is 20.6 Å². The summed E-state index contributed by atoms with van der Waals surface area (Å²) in [6, 6.07) is 10.5. The number of aromatic nitrogens is 4. The van der Waals surface area contributed by atoms with Crippen molar-refractivity contribution in [3.8, 4) is 11.5 Å². The zero-order valence-corrected chi connectivity index (χ0v) is 20.9. The third-order valence-corrected chi connectivity index (χ3v) is 6.43. The molecule has 0 saturated carbocycles. The van der Waals surface area contributed by atoms with Gasteiger partial charge in [-0.05, 0) is 34.7 Å². The fourth-order valence-corrected chi connectivity index (χ4v) is 4.38. The lowest BCUT2D eigenvalue weighted by atomic mass is 9.91. The number of rotatable bonds is 9. The quantitative estimate of drug-likeness (QED) is 0.388. The van der Waals surface area contributed by atoms with Gasteiger partial charge < -0.3 is 29.3 Å². The number of carbonyl (C=O) groups is 1. The molecule has 0 radical (unpaired) electrons. The van der Waals surface area contributed by atoms with Crippen molar-refractivity contribution in [2.75, 3.05) is 38.9 Å². The van der Waals surface area contributed by atoms with Crippen LogP contribution in [-0.2, 0) is 16.0 Å². The number of para-hydroxylation sites is 1. The maximum absolute atomic E-state index is 13.9. The summed E-state index contributed by atoms with van der Waals surface area (Å²) in [4.78, 5) is 15.5. The number of anilines is 1. The van der Waals surface area contributed by atoms with Crippen molar-refractivity contribution >= 4 is 23.2 Å². The van der Waals surface area contributed by atoms with Crippen LogP contribution in [-0.4, -0.2) is 76.8 Å². The minimum Gasteiger partial charge on any atom is -0.493 e. The van der Waals surface area contributed by atoms with Crippen molar-refractivity contribution in [1.29, 1.82) is 0 Å². The van der Waals surface area contributed by atoms with Gasteiger partial charge in [-0.3, -0.25) is 4.79 Å². The number of aliphatic hydroxyl groups is 2. The average Bonchev–Trinajstić information content (AvgIpc) is 3.38. The van der Waals surface area contributed by atoms with Crippen LogP contribution in [0.3, 0.4) is 0 Å². The smallest absolute Gasteiger partial charge is 0.256 e. The standard InChI is InChI=1S/C24H28ClN5O6/c1-24(12-31,13-32)11-30-17-8-7-14(25)9-16(17)21(15-5-4-6-18(34-2)22(15)35-3)36-19(23(30)33)10-20-26-28-29-27-20/h4-9,19,21,31-32H,10-13H2,1-3H3,(H,26,27,28,29)/t19-,21-/m1/s1. The Kier molecular flexibility index (Phi) is 7.74. The third kappa shape index (κ3) is 5.00. The second kappa shape index (κ2) is 10.8. The van der Waals surface area contributed by atoms with Crippen LogP contribution in [0.2, 0.25) is 5.02 Å². The molecule has 0 saturated heterocycles. The Labute approximate surface area is 212 Å². The number of aromatic amines is 1. The number of nitrogens with zero attached hydrogens (tertiary/aromatic N) is 4.